The van der Waals surface area contributed by atoms with Gasteiger partial charge in [0.05, 0.1) is 11.9 Å². The Labute approximate surface area is 135 Å². The average molecular weight is 311 g/mol. The molecule has 120 valence electrons. The number of amides is 1. The molecular formula is C17H21N5O. The summed E-state index contributed by atoms with van der Waals surface area (Å²) in [4.78, 5) is 13.7. The summed E-state index contributed by atoms with van der Waals surface area (Å²) in [5.74, 6) is 0.731. The van der Waals surface area contributed by atoms with E-state index in [1.807, 2.05) is 37.3 Å². The summed E-state index contributed by atoms with van der Waals surface area (Å²) in [6.45, 7) is 3.99. The molecule has 0 unspecified atom stereocenters. The van der Waals surface area contributed by atoms with Crippen molar-refractivity contribution in [3.63, 3.8) is 0 Å². The van der Waals surface area contributed by atoms with Crippen LogP contribution in [0.2, 0.25) is 0 Å². The van der Waals surface area contributed by atoms with Crippen LogP contribution in [0.1, 0.15) is 26.2 Å². The van der Waals surface area contributed by atoms with Gasteiger partial charge in [-0.15, -0.1) is 5.10 Å². The van der Waals surface area contributed by atoms with Crippen molar-refractivity contribution in [2.75, 3.05) is 28.6 Å². The summed E-state index contributed by atoms with van der Waals surface area (Å²) in [5, 5.41) is 14.3. The minimum Gasteiger partial charge on any atom is -0.370 e. The monoisotopic (exact) mass is 311 g/mol. The Morgan fingerprint density at radius 1 is 1.17 bits per heavy atom. The van der Waals surface area contributed by atoms with Gasteiger partial charge in [-0.2, -0.15) is 5.10 Å². The van der Waals surface area contributed by atoms with Gasteiger partial charge in [0.15, 0.2) is 5.82 Å². The van der Waals surface area contributed by atoms with Crippen LogP contribution in [0.4, 0.5) is 22.9 Å². The molecule has 2 N–H and O–H groups in total. The third-order valence-electron chi connectivity index (χ3n) is 3.87. The van der Waals surface area contributed by atoms with E-state index in [1.165, 1.54) is 12.8 Å². The molecule has 0 aliphatic carbocycles. The third kappa shape index (κ3) is 3.97. The van der Waals surface area contributed by atoms with Gasteiger partial charge < -0.3 is 15.5 Å². The maximum atomic E-state index is 11.4. The van der Waals surface area contributed by atoms with Crippen molar-refractivity contribution >= 4 is 28.8 Å². The molecular weight excluding hydrogens is 290 g/mol. The largest absolute Gasteiger partial charge is 0.370 e. The molecule has 1 aliphatic rings. The molecule has 0 spiro atoms. The molecule has 6 nitrogen and oxygen atoms in total. The third-order valence-corrected chi connectivity index (χ3v) is 3.87. The zero-order valence-corrected chi connectivity index (χ0v) is 13.2. The summed E-state index contributed by atoms with van der Waals surface area (Å²) in [5.41, 5.74) is 2.80. The summed E-state index contributed by atoms with van der Waals surface area (Å²) in [7, 11) is 0. The molecule has 3 rings (SSSR count). The van der Waals surface area contributed by atoms with E-state index in [9.17, 15) is 4.79 Å². The van der Waals surface area contributed by atoms with E-state index < -0.39 is 0 Å². The van der Waals surface area contributed by atoms with Crippen LogP contribution in [0.15, 0.2) is 36.5 Å². The number of aromatic nitrogens is 2. The van der Waals surface area contributed by atoms with E-state index in [4.69, 9.17) is 0 Å². The van der Waals surface area contributed by atoms with Crippen molar-refractivity contribution in [2.24, 2.45) is 0 Å². The van der Waals surface area contributed by atoms with Gasteiger partial charge >= 0.3 is 0 Å². The van der Waals surface area contributed by atoms with Gasteiger partial charge in [0.25, 0.3) is 0 Å². The number of carbonyl (C=O) groups excluding carboxylic acids is 1. The number of anilines is 4. The molecule has 0 saturated carbocycles. The molecule has 6 heteroatoms. The van der Waals surface area contributed by atoms with E-state index in [2.05, 4.69) is 25.7 Å². The lowest BCUT2D eigenvalue weighted by molar-refractivity contribution is -0.115. The molecule has 2 aromatic rings. The topological polar surface area (TPSA) is 70.2 Å². The highest BCUT2D eigenvalue weighted by molar-refractivity contribution is 5.90. The Kier molecular flexibility index (Phi) is 4.71. The molecule has 1 aromatic carbocycles. The molecule has 1 fully saturated rings. The second-order valence-corrected chi connectivity index (χ2v) is 5.60. The van der Waals surface area contributed by atoms with Crippen molar-refractivity contribution in [3.8, 4) is 0 Å². The van der Waals surface area contributed by atoms with Crippen molar-refractivity contribution in [3.05, 3.63) is 36.5 Å². The Balaban J connectivity index is 1.67. The van der Waals surface area contributed by atoms with Crippen LogP contribution in [-0.2, 0) is 4.79 Å². The van der Waals surface area contributed by atoms with Gasteiger partial charge in [-0.25, -0.2) is 0 Å². The first-order chi connectivity index (χ1) is 11.2. The second kappa shape index (κ2) is 7.09. The highest BCUT2D eigenvalue weighted by Gasteiger charge is 2.13. The smallest absolute Gasteiger partial charge is 0.224 e. The maximum Gasteiger partial charge on any atom is 0.224 e. The van der Waals surface area contributed by atoms with Gasteiger partial charge in [-0.3, -0.25) is 4.79 Å². The summed E-state index contributed by atoms with van der Waals surface area (Å²) in [6, 6.07) is 9.58. The van der Waals surface area contributed by atoms with E-state index in [1.54, 1.807) is 6.20 Å². The van der Waals surface area contributed by atoms with Crippen LogP contribution in [0.25, 0.3) is 0 Å². The van der Waals surface area contributed by atoms with Gasteiger partial charge in [0.2, 0.25) is 5.91 Å². The SMILES string of the molecule is CCC(=O)Nc1ccc(Nc2cc(N3CCCC3)cnn2)cc1. The predicted octanol–water partition coefficient (Wildman–Crippen LogP) is 3.17. The fourth-order valence-corrected chi connectivity index (χ4v) is 2.60. The Hall–Kier alpha value is -2.63. The molecule has 1 aliphatic heterocycles. The van der Waals surface area contributed by atoms with E-state index >= 15 is 0 Å². The fourth-order valence-electron chi connectivity index (χ4n) is 2.60. The zero-order chi connectivity index (χ0) is 16.1. The molecule has 1 saturated heterocycles. The molecule has 23 heavy (non-hydrogen) atoms. The Morgan fingerprint density at radius 2 is 1.87 bits per heavy atom. The standard InChI is InChI=1S/C17H21N5O/c1-2-17(23)20-14-7-5-13(6-8-14)19-16-11-15(12-18-21-16)22-9-3-4-10-22/h5-8,11-12H,2-4,9-10H2,1H3,(H,19,21)(H,20,23). The summed E-state index contributed by atoms with van der Waals surface area (Å²) < 4.78 is 0. The number of benzene rings is 1. The predicted molar refractivity (Wildman–Crippen MR) is 92.1 cm³/mol. The van der Waals surface area contributed by atoms with E-state index in [0.29, 0.717) is 6.42 Å². The van der Waals surface area contributed by atoms with E-state index in [0.717, 1.165) is 36.0 Å². The van der Waals surface area contributed by atoms with Gasteiger partial charge in [-0.1, -0.05) is 6.92 Å². The van der Waals surface area contributed by atoms with Gasteiger partial charge in [0, 0.05) is 37.0 Å². The fraction of sp³-hybridized carbons (Fsp3) is 0.353. The van der Waals surface area contributed by atoms with Crippen LogP contribution in [0, 0.1) is 0 Å². The summed E-state index contributed by atoms with van der Waals surface area (Å²) >= 11 is 0. The number of nitrogens with one attached hydrogen (secondary N) is 2. The first kappa shape index (κ1) is 15.3. The lowest BCUT2D eigenvalue weighted by atomic mass is 10.2. The van der Waals surface area contributed by atoms with Crippen molar-refractivity contribution in [1.29, 1.82) is 0 Å². The number of nitrogens with zero attached hydrogens (tertiary/aromatic N) is 3. The number of hydrogen-bond donors (Lipinski definition) is 2. The minimum absolute atomic E-state index is 0.00916. The van der Waals surface area contributed by atoms with Crippen LogP contribution in [0.3, 0.4) is 0 Å². The molecule has 0 radical (unpaired) electrons. The van der Waals surface area contributed by atoms with Crippen LogP contribution < -0.4 is 15.5 Å². The molecule has 1 aromatic heterocycles. The maximum absolute atomic E-state index is 11.4. The average Bonchev–Trinajstić information content (AvgIpc) is 3.11. The van der Waals surface area contributed by atoms with Crippen molar-refractivity contribution in [1.82, 2.24) is 10.2 Å². The van der Waals surface area contributed by atoms with E-state index in [-0.39, 0.29) is 5.91 Å². The van der Waals surface area contributed by atoms with Crippen LogP contribution in [-0.4, -0.2) is 29.2 Å². The Bertz CT molecular complexity index is 665. The lowest BCUT2D eigenvalue weighted by Crippen LogP contribution is -2.18. The zero-order valence-electron chi connectivity index (χ0n) is 13.2. The molecule has 1 amide bonds. The van der Waals surface area contributed by atoms with Gasteiger partial charge in [-0.05, 0) is 37.1 Å². The summed E-state index contributed by atoms with van der Waals surface area (Å²) in [6.07, 6.45) is 4.74. The number of rotatable bonds is 5. The quantitative estimate of drug-likeness (QED) is 0.887. The normalized spacial score (nSPS) is 13.9. The second-order valence-electron chi connectivity index (χ2n) is 5.60. The van der Waals surface area contributed by atoms with Crippen molar-refractivity contribution in [2.45, 2.75) is 26.2 Å². The first-order valence-electron chi connectivity index (χ1n) is 7.99. The molecule has 0 atom stereocenters. The minimum atomic E-state index is 0.00916. The first-order valence-corrected chi connectivity index (χ1v) is 7.99. The van der Waals surface area contributed by atoms with Crippen LogP contribution >= 0.6 is 0 Å². The van der Waals surface area contributed by atoms with Crippen LogP contribution in [0.5, 0.6) is 0 Å². The van der Waals surface area contributed by atoms with Gasteiger partial charge in [0.1, 0.15) is 0 Å². The lowest BCUT2D eigenvalue weighted by Gasteiger charge is -2.17. The van der Waals surface area contributed by atoms with Crippen molar-refractivity contribution < 1.29 is 4.79 Å². The molecule has 0 bridgehead atoms. The molecule has 2 heterocycles. The Morgan fingerprint density at radius 3 is 2.57 bits per heavy atom. The number of carbonyl (C=O) groups is 1. The highest BCUT2D eigenvalue weighted by atomic mass is 16.1. The highest BCUT2D eigenvalue weighted by Crippen LogP contribution is 2.23. The number of hydrogen-bond acceptors (Lipinski definition) is 5.